The maximum absolute atomic E-state index is 12.8. The van der Waals surface area contributed by atoms with Gasteiger partial charge in [-0.15, -0.1) is 11.3 Å². The number of carbonyl (C=O) groups excluding carboxylic acids is 2. The standard InChI is InChI=1S/C26H29NO4S/c1-6-30-26(29)24-22(21-11-10-17(4)12-18(21)5)15-32-25(24)27-23(28)14-31-20-9-7-8-19(13-20)16(2)3/h7-13,15-16H,6,14H2,1-5H3,(H,27,28). The van der Waals surface area contributed by atoms with Crippen LogP contribution in [0.5, 0.6) is 5.75 Å². The number of hydrogen-bond acceptors (Lipinski definition) is 5. The highest BCUT2D eigenvalue weighted by molar-refractivity contribution is 7.15. The molecule has 0 saturated carbocycles. The second-order valence-electron chi connectivity index (χ2n) is 7.96. The summed E-state index contributed by atoms with van der Waals surface area (Å²) in [5.41, 5.74) is 5.41. The summed E-state index contributed by atoms with van der Waals surface area (Å²) in [6, 6.07) is 13.8. The van der Waals surface area contributed by atoms with E-state index in [1.807, 2.05) is 55.6 Å². The van der Waals surface area contributed by atoms with Crippen LogP contribution in [0.2, 0.25) is 0 Å². The molecule has 0 atom stereocenters. The van der Waals surface area contributed by atoms with Crippen LogP contribution in [0.4, 0.5) is 5.00 Å². The minimum Gasteiger partial charge on any atom is -0.484 e. The highest BCUT2D eigenvalue weighted by Crippen LogP contribution is 2.38. The number of rotatable bonds is 8. The van der Waals surface area contributed by atoms with E-state index in [4.69, 9.17) is 9.47 Å². The molecule has 168 valence electrons. The van der Waals surface area contributed by atoms with Crippen LogP contribution in [0.15, 0.2) is 47.8 Å². The topological polar surface area (TPSA) is 64.6 Å². The van der Waals surface area contributed by atoms with Crippen LogP contribution in [0.3, 0.4) is 0 Å². The van der Waals surface area contributed by atoms with Crippen molar-refractivity contribution in [3.63, 3.8) is 0 Å². The largest absolute Gasteiger partial charge is 0.484 e. The molecule has 1 aromatic heterocycles. The molecule has 0 radical (unpaired) electrons. The van der Waals surface area contributed by atoms with Gasteiger partial charge in [0.1, 0.15) is 16.3 Å². The van der Waals surface area contributed by atoms with Gasteiger partial charge in [0, 0.05) is 10.9 Å². The van der Waals surface area contributed by atoms with Crippen LogP contribution in [0.1, 0.15) is 53.7 Å². The second-order valence-corrected chi connectivity index (χ2v) is 8.84. The number of thiophene rings is 1. The first-order valence-corrected chi connectivity index (χ1v) is 11.6. The monoisotopic (exact) mass is 451 g/mol. The Hall–Kier alpha value is -3.12. The average Bonchev–Trinajstić information content (AvgIpc) is 3.15. The van der Waals surface area contributed by atoms with Crippen molar-refractivity contribution in [1.29, 1.82) is 0 Å². The van der Waals surface area contributed by atoms with E-state index in [-0.39, 0.29) is 19.1 Å². The summed E-state index contributed by atoms with van der Waals surface area (Å²) in [6.45, 7) is 10.1. The zero-order chi connectivity index (χ0) is 23.3. The average molecular weight is 452 g/mol. The zero-order valence-electron chi connectivity index (χ0n) is 19.2. The number of anilines is 1. The fourth-order valence-corrected chi connectivity index (χ4v) is 4.41. The number of hydrogen-bond donors (Lipinski definition) is 1. The molecule has 5 nitrogen and oxygen atoms in total. The Labute approximate surface area is 193 Å². The van der Waals surface area contributed by atoms with Gasteiger partial charge < -0.3 is 14.8 Å². The lowest BCUT2D eigenvalue weighted by molar-refractivity contribution is -0.118. The highest BCUT2D eigenvalue weighted by atomic mass is 32.1. The van der Waals surface area contributed by atoms with E-state index >= 15 is 0 Å². The first kappa shape index (κ1) is 23.5. The highest BCUT2D eigenvalue weighted by Gasteiger charge is 2.23. The molecule has 1 heterocycles. The number of benzene rings is 2. The maximum Gasteiger partial charge on any atom is 0.341 e. The van der Waals surface area contributed by atoms with Crippen molar-refractivity contribution >= 4 is 28.2 Å². The molecule has 1 N–H and O–H groups in total. The SMILES string of the molecule is CCOC(=O)c1c(-c2ccc(C)cc2C)csc1NC(=O)COc1cccc(C(C)C)c1. The lowest BCUT2D eigenvalue weighted by Gasteiger charge is -2.12. The third-order valence-electron chi connectivity index (χ3n) is 5.09. The van der Waals surface area contributed by atoms with Gasteiger partial charge in [-0.1, -0.05) is 49.7 Å². The molecular formula is C26H29NO4S. The lowest BCUT2D eigenvalue weighted by Crippen LogP contribution is -2.21. The van der Waals surface area contributed by atoms with Crippen molar-refractivity contribution in [1.82, 2.24) is 0 Å². The molecule has 3 rings (SSSR count). The van der Waals surface area contributed by atoms with Gasteiger partial charge in [0.25, 0.3) is 5.91 Å². The summed E-state index contributed by atoms with van der Waals surface area (Å²) in [7, 11) is 0. The lowest BCUT2D eigenvalue weighted by atomic mass is 9.97. The number of carbonyl (C=O) groups is 2. The van der Waals surface area contributed by atoms with E-state index in [0.29, 0.717) is 22.2 Å². The molecule has 32 heavy (non-hydrogen) atoms. The minimum absolute atomic E-state index is 0.152. The van der Waals surface area contributed by atoms with E-state index in [1.165, 1.54) is 11.3 Å². The fraction of sp³-hybridized carbons (Fsp3) is 0.308. The Balaban J connectivity index is 1.81. The first-order valence-electron chi connectivity index (χ1n) is 10.7. The number of esters is 1. The number of amides is 1. The van der Waals surface area contributed by atoms with Crippen LogP contribution in [-0.2, 0) is 9.53 Å². The van der Waals surface area contributed by atoms with Crippen molar-refractivity contribution in [2.45, 2.75) is 40.5 Å². The van der Waals surface area contributed by atoms with E-state index < -0.39 is 5.97 Å². The Morgan fingerprint density at radius 3 is 2.53 bits per heavy atom. The Morgan fingerprint density at radius 1 is 1.06 bits per heavy atom. The zero-order valence-corrected chi connectivity index (χ0v) is 20.0. The predicted octanol–water partition coefficient (Wildman–Crippen LogP) is 6.35. The van der Waals surface area contributed by atoms with Gasteiger partial charge >= 0.3 is 5.97 Å². The number of nitrogens with one attached hydrogen (secondary N) is 1. The third kappa shape index (κ3) is 5.56. The number of ether oxygens (including phenoxy) is 2. The summed E-state index contributed by atoms with van der Waals surface area (Å²) in [4.78, 5) is 25.4. The normalized spacial score (nSPS) is 10.8. The van der Waals surface area contributed by atoms with Crippen LogP contribution in [0, 0.1) is 13.8 Å². The second kappa shape index (κ2) is 10.5. The van der Waals surface area contributed by atoms with Crippen LogP contribution >= 0.6 is 11.3 Å². The maximum atomic E-state index is 12.8. The molecule has 0 aliphatic rings. The predicted molar refractivity (Wildman–Crippen MR) is 130 cm³/mol. The van der Waals surface area contributed by atoms with Gasteiger partial charge in [0.15, 0.2) is 6.61 Å². The number of aryl methyl sites for hydroxylation is 2. The Morgan fingerprint density at radius 2 is 1.84 bits per heavy atom. The van der Waals surface area contributed by atoms with Crippen LogP contribution in [-0.4, -0.2) is 25.1 Å². The van der Waals surface area contributed by atoms with Crippen molar-refractivity contribution in [3.8, 4) is 16.9 Å². The van der Waals surface area contributed by atoms with Gasteiger partial charge in [-0.25, -0.2) is 4.79 Å². The smallest absolute Gasteiger partial charge is 0.341 e. The molecule has 0 aliphatic carbocycles. The van der Waals surface area contributed by atoms with Crippen molar-refractivity contribution in [2.75, 3.05) is 18.5 Å². The van der Waals surface area contributed by atoms with Gasteiger partial charge in [-0.05, 0) is 55.5 Å². The van der Waals surface area contributed by atoms with Gasteiger partial charge in [-0.2, -0.15) is 0 Å². The molecule has 0 unspecified atom stereocenters. The van der Waals surface area contributed by atoms with Crippen LogP contribution in [0.25, 0.3) is 11.1 Å². The van der Waals surface area contributed by atoms with Gasteiger partial charge in [-0.3, -0.25) is 4.79 Å². The van der Waals surface area contributed by atoms with E-state index in [0.717, 1.165) is 27.8 Å². The third-order valence-corrected chi connectivity index (χ3v) is 5.99. The van der Waals surface area contributed by atoms with Crippen LogP contribution < -0.4 is 10.1 Å². The molecule has 3 aromatic rings. The molecule has 2 aromatic carbocycles. The fourth-order valence-electron chi connectivity index (χ4n) is 3.44. The Bertz CT molecular complexity index is 1120. The van der Waals surface area contributed by atoms with Crippen molar-refractivity contribution < 1.29 is 19.1 Å². The molecule has 6 heteroatoms. The minimum atomic E-state index is -0.454. The Kier molecular flexibility index (Phi) is 7.70. The van der Waals surface area contributed by atoms with E-state index in [9.17, 15) is 9.59 Å². The molecule has 0 fully saturated rings. The van der Waals surface area contributed by atoms with E-state index in [2.05, 4.69) is 25.2 Å². The quantitative estimate of drug-likeness (QED) is 0.405. The summed E-state index contributed by atoms with van der Waals surface area (Å²) in [6.07, 6.45) is 0. The van der Waals surface area contributed by atoms with Crippen molar-refractivity contribution in [3.05, 3.63) is 70.1 Å². The van der Waals surface area contributed by atoms with Gasteiger partial charge in [0.2, 0.25) is 0 Å². The van der Waals surface area contributed by atoms with E-state index in [1.54, 1.807) is 6.92 Å². The summed E-state index contributed by atoms with van der Waals surface area (Å²) in [5, 5.41) is 5.17. The summed E-state index contributed by atoms with van der Waals surface area (Å²) in [5.74, 6) is 0.220. The molecule has 0 aliphatic heterocycles. The molecular weight excluding hydrogens is 422 g/mol. The molecule has 1 amide bonds. The van der Waals surface area contributed by atoms with Gasteiger partial charge in [0.05, 0.1) is 6.61 Å². The molecule has 0 saturated heterocycles. The summed E-state index contributed by atoms with van der Waals surface area (Å²) >= 11 is 1.31. The van der Waals surface area contributed by atoms with Crippen molar-refractivity contribution in [2.24, 2.45) is 0 Å². The first-order chi connectivity index (χ1) is 15.3. The summed E-state index contributed by atoms with van der Waals surface area (Å²) < 4.78 is 11.0. The molecule has 0 bridgehead atoms. The molecule has 0 spiro atoms.